The fourth-order valence-corrected chi connectivity index (χ4v) is 2.56. The summed E-state index contributed by atoms with van der Waals surface area (Å²) in [4.78, 5) is 26.4. The third-order valence-electron chi connectivity index (χ3n) is 3.81. The number of carbonyl (C=O) groups excluding carboxylic acids is 2. The predicted octanol–water partition coefficient (Wildman–Crippen LogP) is 3.94. The lowest BCUT2D eigenvalue weighted by Gasteiger charge is -2.19. The van der Waals surface area contributed by atoms with Crippen LogP contribution in [0.3, 0.4) is 0 Å². The molecule has 0 saturated heterocycles. The highest BCUT2D eigenvalue weighted by atomic mass is 19.1. The van der Waals surface area contributed by atoms with Crippen molar-refractivity contribution in [2.75, 3.05) is 12.4 Å². The average Bonchev–Trinajstić information content (AvgIpc) is 3.16. The van der Waals surface area contributed by atoms with Crippen molar-refractivity contribution in [1.29, 1.82) is 0 Å². The van der Waals surface area contributed by atoms with E-state index < -0.39 is 5.91 Å². The van der Waals surface area contributed by atoms with Crippen molar-refractivity contribution < 1.29 is 18.4 Å². The van der Waals surface area contributed by atoms with Crippen molar-refractivity contribution in [2.24, 2.45) is 0 Å². The van der Waals surface area contributed by atoms with Gasteiger partial charge in [0.15, 0.2) is 5.76 Å². The molecule has 0 spiro atoms. The van der Waals surface area contributed by atoms with Crippen molar-refractivity contribution in [3.63, 3.8) is 0 Å². The van der Waals surface area contributed by atoms with Crippen LogP contribution in [0.15, 0.2) is 71.3 Å². The normalized spacial score (nSPS) is 10.4. The molecule has 5 nitrogen and oxygen atoms in total. The van der Waals surface area contributed by atoms with E-state index in [4.69, 9.17) is 4.42 Å². The van der Waals surface area contributed by atoms with Gasteiger partial charge in [-0.1, -0.05) is 24.3 Å². The van der Waals surface area contributed by atoms with Crippen LogP contribution in [0, 0.1) is 5.82 Å². The molecule has 0 atom stereocenters. The zero-order chi connectivity index (χ0) is 18.5. The summed E-state index contributed by atoms with van der Waals surface area (Å²) in [6, 6.07) is 15.9. The number of rotatable bonds is 5. The Hall–Kier alpha value is -3.41. The van der Waals surface area contributed by atoms with Gasteiger partial charge >= 0.3 is 0 Å². The molecular formula is C20H17FN2O3. The van der Waals surface area contributed by atoms with E-state index in [9.17, 15) is 14.0 Å². The molecule has 2 amide bonds. The summed E-state index contributed by atoms with van der Waals surface area (Å²) < 4.78 is 18.4. The molecule has 0 bridgehead atoms. The molecule has 3 rings (SSSR count). The molecule has 6 heteroatoms. The van der Waals surface area contributed by atoms with Gasteiger partial charge in [-0.05, 0) is 42.0 Å². The summed E-state index contributed by atoms with van der Waals surface area (Å²) in [5.41, 5.74) is 1.40. The first kappa shape index (κ1) is 17.4. The van der Waals surface area contributed by atoms with Crippen LogP contribution in [0.1, 0.15) is 26.5 Å². The fraction of sp³-hybridized carbons (Fsp3) is 0.100. The van der Waals surface area contributed by atoms with Crippen LogP contribution in [0.2, 0.25) is 0 Å². The minimum atomic E-state index is -0.442. The Balaban J connectivity index is 1.77. The summed E-state index contributed by atoms with van der Waals surface area (Å²) in [6.07, 6.45) is 1.40. The van der Waals surface area contributed by atoms with Gasteiger partial charge < -0.3 is 14.6 Å². The monoisotopic (exact) mass is 352 g/mol. The van der Waals surface area contributed by atoms with Crippen LogP contribution in [0.5, 0.6) is 0 Å². The summed E-state index contributed by atoms with van der Waals surface area (Å²) in [7, 11) is 1.62. The van der Waals surface area contributed by atoms with Crippen LogP contribution < -0.4 is 5.32 Å². The highest BCUT2D eigenvalue weighted by Crippen LogP contribution is 2.19. The smallest absolute Gasteiger partial charge is 0.291 e. The molecule has 0 aliphatic rings. The minimum absolute atomic E-state index is 0.153. The number of amides is 2. The SMILES string of the molecule is CN(Cc1cccc(F)c1)C(=O)c1ccccc1NC(=O)c1ccco1. The Bertz CT molecular complexity index is 922. The van der Waals surface area contributed by atoms with Gasteiger partial charge in [0.2, 0.25) is 0 Å². The molecular weight excluding hydrogens is 335 g/mol. The standard InChI is InChI=1S/C20H17FN2O3/c1-23(13-14-6-4-7-15(21)12-14)20(25)16-8-2-3-9-17(16)22-19(24)18-10-5-11-26-18/h2-12H,13H2,1H3,(H,22,24). The summed E-state index contributed by atoms with van der Waals surface area (Å²) in [5.74, 6) is -0.928. The number of hydrogen-bond donors (Lipinski definition) is 1. The first-order chi connectivity index (χ1) is 12.5. The average molecular weight is 352 g/mol. The lowest BCUT2D eigenvalue weighted by molar-refractivity contribution is 0.0786. The van der Waals surface area contributed by atoms with Crippen molar-refractivity contribution in [2.45, 2.75) is 6.54 Å². The van der Waals surface area contributed by atoms with Gasteiger partial charge in [-0.15, -0.1) is 0 Å². The third-order valence-corrected chi connectivity index (χ3v) is 3.81. The van der Waals surface area contributed by atoms with Gasteiger partial charge in [-0.3, -0.25) is 9.59 Å². The number of furan rings is 1. The van der Waals surface area contributed by atoms with E-state index in [0.29, 0.717) is 16.8 Å². The molecule has 0 aliphatic carbocycles. The molecule has 0 unspecified atom stereocenters. The predicted molar refractivity (Wildman–Crippen MR) is 95.3 cm³/mol. The van der Waals surface area contributed by atoms with E-state index in [2.05, 4.69) is 5.32 Å². The van der Waals surface area contributed by atoms with Gasteiger partial charge in [0, 0.05) is 13.6 Å². The first-order valence-corrected chi connectivity index (χ1v) is 7.98. The Morgan fingerprint density at radius 3 is 2.62 bits per heavy atom. The van der Waals surface area contributed by atoms with Gasteiger partial charge in [0.25, 0.3) is 11.8 Å². The van der Waals surface area contributed by atoms with E-state index in [1.807, 2.05) is 0 Å². The zero-order valence-corrected chi connectivity index (χ0v) is 14.1. The molecule has 1 heterocycles. The summed E-state index contributed by atoms with van der Waals surface area (Å²) >= 11 is 0. The van der Waals surface area contributed by atoms with Crippen LogP contribution in [0.25, 0.3) is 0 Å². The summed E-state index contributed by atoms with van der Waals surface area (Å²) in [6.45, 7) is 0.247. The molecule has 132 valence electrons. The number of carbonyl (C=O) groups is 2. The number of halogens is 1. The molecule has 0 radical (unpaired) electrons. The second-order valence-electron chi connectivity index (χ2n) is 5.77. The van der Waals surface area contributed by atoms with Crippen LogP contribution in [-0.2, 0) is 6.54 Å². The maximum absolute atomic E-state index is 13.3. The molecule has 0 saturated carbocycles. The fourth-order valence-electron chi connectivity index (χ4n) is 2.56. The van der Waals surface area contributed by atoms with E-state index in [1.54, 1.807) is 49.5 Å². The maximum Gasteiger partial charge on any atom is 0.291 e. The van der Waals surface area contributed by atoms with Gasteiger partial charge in [0.05, 0.1) is 17.5 Å². The molecule has 26 heavy (non-hydrogen) atoms. The molecule has 1 aromatic heterocycles. The zero-order valence-electron chi connectivity index (χ0n) is 14.1. The van der Waals surface area contributed by atoms with E-state index >= 15 is 0 Å². The Morgan fingerprint density at radius 2 is 1.88 bits per heavy atom. The van der Waals surface area contributed by atoms with Crippen molar-refractivity contribution >= 4 is 17.5 Å². The number of nitrogens with zero attached hydrogens (tertiary/aromatic N) is 1. The Morgan fingerprint density at radius 1 is 1.08 bits per heavy atom. The molecule has 3 aromatic rings. The van der Waals surface area contributed by atoms with Gasteiger partial charge in [-0.2, -0.15) is 0 Å². The van der Waals surface area contributed by atoms with Crippen molar-refractivity contribution in [3.05, 3.63) is 89.6 Å². The summed E-state index contributed by atoms with van der Waals surface area (Å²) in [5, 5.41) is 2.68. The number of anilines is 1. The van der Waals surface area contributed by atoms with E-state index in [-0.39, 0.29) is 24.0 Å². The Kier molecular flexibility index (Phi) is 5.12. The van der Waals surface area contributed by atoms with Crippen LogP contribution in [0.4, 0.5) is 10.1 Å². The third kappa shape index (κ3) is 3.97. The highest BCUT2D eigenvalue weighted by Gasteiger charge is 2.18. The van der Waals surface area contributed by atoms with Crippen molar-refractivity contribution in [3.8, 4) is 0 Å². The second kappa shape index (κ2) is 7.65. The first-order valence-electron chi connectivity index (χ1n) is 7.98. The number of nitrogens with one attached hydrogen (secondary N) is 1. The van der Waals surface area contributed by atoms with Gasteiger partial charge in [-0.25, -0.2) is 4.39 Å². The lowest BCUT2D eigenvalue weighted by Crippen LogP contribution is -2.27. The highest BCUT2D eigenvalue weighted by molar-refractivity contribution is 6.07. The topological polar surface area (TPSA) is 62.6 Å². The second-order valence-corrected chi connectivity index (χ2v) is 5.77. The van der Waals surface area contributed by atoms with Crippen LogP contribution in [-0.4, -0.2) is 23.8 Å². The quantitative estimate of drug-likeness (QED) is 0.756. The van der Waals surface area contributed by atoms with Gasteiger partial charge in [0.1, 0.15) is 5.82 Å². The maximum atomic E-state index is 13.3. The molecule has 2 aromatic carbocycles. The van der Waals surface area contributed by atoms with Crippen LogP contribution >= 0.6 is 0 Å². The lowest BCUT2D eigenvalue weighted by atomic mass is 10.1. The van der Waals surface area contributed by atoms with E-state index in [1.165, 1.54) is 29.4 Å². The largest absolute Gasteiger partial charge is 0.459 e. The van der Waals surface area contributed by atoms with Crippen molar-refractivity contribution in [1.82, 2.24) is 4.90 Å². The number of para-hydroxylation sites is 1. The molecule has 1 N–H and O–H groups in total. The number of hydrogen-bond acceptors (Lipinski definition) is 3. The molecule has 0 aliphatic heterocycles. The van der Waals surface area contributed by atoms with E-state index in [0.717, 1.165) is 0 Å². The molecule has 0 fully saturated rings. The Labute approximate surface area is 150 Å². The minimum Gasteiger partial charge on any atom is -0.459 e. The number of benzene rings is 2.